The van der Waals surface area contributed by atoms with E-state index in [1.807, 2.05) is 12.1 Å². The highest BCUT2D eigenvalue weighted by Crippen LogP contribution is 2.19. The summed E-state index contributed by atoms with van der Waals surface area (Å²) in [6, 6.07) is 3.88. The molecule has 0 aliphatic rings. The maximum absolute atomic E-state index is 4.80. The molecule has 2 rings (SSSR count). The van der Waals surface area contributed by atoms with E-state index in [0.29, 0.717) is 6.54 Å². The van der Waals surface area contributed by atoms with E-state index in [0.717, 1.165) is 16.8 Å². The summed E-state index contributed by atoms with van der Waals surface area (Å²) >= 11 is 0. The number of nitrogens with zero attached hydrogens (tertiary/aromatic N) is 2. The van der Waals surface area contributed by atoms with Crippen molar-refractivity contribution in [1.82, 2.24) is 20.7 Å². The van der Waals surface area contributed by atoms with Crippen LogP contribution in [0.4, 0.5) is 0 Å². The van der Waals surface area contributed by atoms with Gasteiger partial charge in [0.15, 0.2) is 0 Å². The van der Waals surface area contributed by atoms with Crippen LogP contribution in [0, 0.1) is 0 Å². The fourth-order valence-corrected chi connectivity index (χ4v) is 1.36. The summed E-state index contributed by atoms with van der Waals surface area (Å²) in [5.74, 6) is 0. The van der Waals surface area contributed by atoms with E-state index < -0.39 is 0 Å². The van der Waals surface area contributed by atoms with Gasteiger partial charge in [0.2, 0.25) is 0 Å². The lowest BCUT2D eigenvalue weighted by Gasteiger charge is -2.02. The number of hydroxylamine groups is 1. The molecule has 2 heterocycles. The second-order valence-electron chi connectivity index (χ2n) is 3.04. The zero-order valence-corrected chi connectivity index (χ0v) is 8.40. The van der Waals surface area contributed by atoms with E-state index in [1.165, 1.54) is 0 Å². The van der Waals surface area contributed by atoms with Gasteiger partial charge in [0.05, 0.1) is 19.0 Å². The van der Waals surface area contributed by atoms with Gasteiger partial charge < -0.3 is 4.84 Å². The summed E-state index contributed by atoms with van der Waals surface area (Å²) in [6.07, 6.45) is 5.31. The van der Waals surface area contributed by atoms with Gasteiger partial charge in [0, 0.05) is 30.1 Å². The first-order valence-electron chi connectivity index (χ1n) is 4.60. The predicted octanol–water partition coefficient (Wildman–Crippen LogP) is 1.12. The highest BCUT2D eigenvalue weighted by atomic mass is 16.6. The summed E-state index contributed by atoms with van der Waals surface area (Å²) in [4.78, 5) is 8.86. The van der Waals surface area contributed by atoms with Crippen molar-refractivity contribution in [2.24, 2.45) is 0 Å². The molecule has 0 bridgehead atoms. The van der Waals surface area contributed by atoms with E-state index in [-0.39, 0.29) is 0 Å². The van der Waals surface area contributed by atoms with Crippen LogP contribution < -0.4 is 5.48 Å². The first kappa shape index (κ1) is 9.82. The molecule has 0 atom stereocenters. The molecule has 0 saturated carbocycles. The van der Waals surface area contributed by atoms with E-state index in [9.17, 15) is 0 Å². The monoisotopic (exact) mass is 204 g/mol. The Morgan fingerprint density at radius 3 is 3.13 bits per heavy atom. The standard InChI is InChI=1S/C10H12N4O/c1-15-13-7-9-6-12-14-10(9)8-3-2-4-11-5-8/h2-6,13H,7H2,1H3,(H,12,14). The Balaban J connectivity index is 2.25. The number of rotatable bonds is 4. The van der Waals surface area contributed by atoms with Crippen LogP contribution in [0.1, 0.15) is 5.56 Å². The highest BCUT2D eigenvalue weighted by molar-refractivity contribution is 5.61. The number of pyridine rings is 1. The Labute approximate surface area is 87.5 Å². The van der Waals surface area contributed by atoms with Crippen LogP contribution in [0.5, 0.6) is 0 Å². The van der Waals surface area contributed by atoms with Crippen LogP contribution in [-0.2, 0) is 11.4 Å². The number of aromatic amines is 1. The summed E-state index contributed by atoms with van der Waals surface area (Å²) in [5, 5.41) is 6.95. The van der Waals surface area contributed by atoms with Crippen molar-refractivity contribution in [3.63, 3.8) is 0 Å². The van der Waals surface area contributed by atoms with Crippen LogP contribution in [-0.4, -0.2) is 22.3 Å². The molecule has 0 aliphatic carbocycles. The van der Waals surface area contributed by atoms with Crippen molar-refractivity contribution in [1.29, 1.82) is 0 Å². The molecule has 5 heteroatoms. The average Bonchev–Trinajstić information content (AvgIpc) is 2.75. The minimum absolute atomic E-state index is 0.608. The summed E-state index contributed by atoms with van der Waals surface area (Å²) in [6.45, 7) is 0.608. The Bertz CT molecular complexity index is 412. The van der Waals surface area contributed by atoms with E-state index >= 15 is 0 Å². The second kappa shape index (κ2) is 4.68. The lowest BCUT2D eigenvalue weighted by Crippen LogP contribution is -2.10. The Kier molecular flexibility index (Phi) is 3.06. The molecule has 0 aromatic carbocycles. The molecule has 0 radical (unpaired) electrons. The molecule has 2 aromatic heterocycles. The SMILES string of the molecule is CONCc1cn[nH]c1-c1cccnc1. The minimum atomic E-state index is 0.608. The zero-order valence-electron chi connectivity index (χ0n) is 8.40. The van der Waals surface area contributed by atoms with Gasteiger partial charge in [-0.15, -0.1) is 0 Å². The Hall–Kier alpha value is -1.72. The van der Waals surface area contributed by atoms with Gasteiger partial charge in [-0.2, -0.15) is 10.6 Å². The smallest absolute Gasteiger partial charge is 0.0711 e. The first-order valence-corrected chi connectivity index (χ1v) is 4.60. The molecule has 0 amide bonds. The Morgan fingerprint density at radius 1 is 1.47 bits per heavy atom. The van der Waals surface area contributed by atoms with Crippen molar-refractivity contribution in [3.8, 4) is 11.3 Å². The van der Waals surface area contributed by atoms with Crippen LogP contribution in [0.15, 0.2) is 30.7 Å². The first-order chi connectivity index (χ1) is 7.42. The van der Waals surface area contributed by atoms with Crippen molar-refractivity contribution < 1.29 is 4.84 Å². The van der Waals surface area contributed by atoms with Gasteiger partial charge in [-0.1, -0.05) is 0 Å². The molecule has 0 spiro atoms. The normalized spacial score (nSPS) is 10.5. The average molecular weight is 204 g/mol. The third kappa shape index (κ3) is 2.20. The molecule has 5 nitrogen and oxygen atoms in total. The molecule has 2 aromatic rings. The topological polar surface area (TPSA) is 62.8 Å². The molecule has 0 fully saturated rings. The molecular weight excluding hydrogens is 192 g/mol. The van der Waals surface area contributed by atoms with Crippen molar-refractivity contribution in [3.05, 3.63) is 36.3 Å². The maximum Gasteiger partial charge on any atom is 0.0711 e. The summed E-state index contributed by atoms with van der Waals surface area (Å²) in [5.41, 5.74) is 5.81. The number of hydrogen-bond acceptors (Lipinski definition) is 4. The van der Waals surface area contributed by atoms with Gasteiger partial charge in [-0.3, -0.25) is 10.1 Å². The van der Waals surface area contributed by atoms with Crippen LogP contribution in [0.3, 0.4) is 0 Å². The van der Waals surface area contributed by atoms with E-state index in [1.54, 1.807) is 25.7 Å². The van der Waals surface area contributed by atoms with Gasteiger partial charge in [0.25, 0.3) is 0 Å². The highest BCUT2D eigenvalue weighted by Gasteiger charge is 2.06. The Morgan fingerprint density at radius 2 is 2.40 bits per heavy atom. The van der Waals surface area contributed by atoms with Crippen LogP contribution in [0.2, 0.25) is 0 Å². The van der Waals surface area contributed by atoms with Crippen molar-refractivity contribution in [2.45, 2.75) is 6.54 Å². The fourth-order valence-electron chi connectivity index (χ4n) is 1.36. The second-order valence-corrected chi connectivity index (χ2v) is 3.04. The third-order valence-electron chi connectivity index (χ3n) is 2.08. The van der Waals surface area contributed by atoms with Gasteiger partial charge >= 0.3 is 0 Å². The van der Waals surface area contributed by atoms with Crippen molar-refractivity contribution in [2.75, 3.05) is 7.11 Å². The van der Waals surface area contributed by atoms with Gasteiger partial charge in [0.1, 0.15) is 0 Å². The number of H-pyrrole nitrogens is 1. The van der Waals surface area contributed by atoms with E-state index in [4.69, 9.17) is 4.84 Å². The zero-order chi connectivity index (χ0) is 10.5. The molecule has 0 aliphatic heterocycles. The summed E-state index contributed by atoms with van der Waals surface area (Å²) < 4.78 is 0. The number of aromatic nitrogens is 3. The predicted molar refractivity (Wildman–Crippen MR) is 55.7 cm³/mol. The number of nitrogens with one attached hydrogen (secondary N) is 2. The van der Waals surface area contributed by atoms with Crippen LogP contribution in [0.25, 0.3) is 11.3 Å². The van der Waals surface area contributed by atoms with Crippen LogP contribution >= 0.6 is 0 Å². The molecule has 0 saturated heterocycles. The fraction of sp³-hybridized carbons (Fsp3) is 0.200. The molecule has 15 heavy (non-hydrogen) atoms. The largest absolute Gasteiger partial charge is 0.305 e. The quantitative estimate of drug-likeness (QED) is 0.733. The van der Waals surface area contributed by atoms with Crippen molar-refractivity contribution >= 4 is 0 Å². The molecule has 0 unspecified atom stereocenters. The van der Waals surface area contributed by atoms with Gasteiger partial charge in [-0.05, 0) is 12.1 Å². The lowest BCUT2D eigenvalue weighted by molar-refractivity contribution is 0.0868. The van der Waals surface area contributed by atoms with E-state index in [2.05, 4.69) is 20.7 Å². The summed E-state index contributed by atoms with van der Waals surface area (Å²) in [7, 11) is 1.59. The third-order valence-corrected chi connectivity index (χ3v) is 2.08. The minimum Gasteiger partial charge on any atom is -0.305 e. The molecule has 2 N–H and O–H groups in total. The van der Waals surface area contributed by atoms with Gasteiger partial charge in [-0.25, -0.2) is 0 Å². The lowest BCUT2D eigenvalue weighted by atomic mass is 10.1. The molecule has 78 valence electrons. The number of hydrogen-bond donors (Lipinski definition) is 2. The molecular formula is C10H12N4O. The maximum atomic E-state index is 4.80.